The van der Waals surface area contributed by atoms with Crippen molar-refractivity contribution in [2.24, 2.45) is 0 Å². The van der Waals surface area contributed by atoms with Gasteiger partial charge >= 0.3 is 0 Å². The van der Waals surface area contributed by atoms with Crippen LogP contribution in [0.3, 0.4) is 0 Å². The summed E-state index contributed by atoms with van der Waals surface area (Å²) >= 11 is 0. The number of nitrogens with zero attached hydrogens (tertiary/aromatic N) is 3. The molecule has 1 heterocycles. The lowest BCUT2D eigenvalue weighted by atomic mass is 10.2. The molecule has 0 amide bonds. The van der Waals surface area contributed by atoms with E-state index in [4.69, 9.17) is 0 Å². The van der Waals surface area contributed by atoms with Crippen molar-refractivity contribution < 1.29 is 0 Å². The maximum Gasteiger partial charge on any atom is 0.233 e. The Hall–Kier alpha value is -2.37. The number of nitrogens with one attached hydrogen (secondary N) is 3. The fraction of sp³-hybridized carbons (Fsp3) is 0.357. The number of anilines is 4. The van der Waals surface area contributed by atoms with Gasteiger partial charge in [0, 0.05) is 18.8 Å². The minimum Gasteiger partial charge on any atom is -0.354 e. The highest BCUT2D eigenvalue weighted by Gasteiger charge is 2.06. The first-order valence-electron chi connectivity index (χ1n) is 6.79. The molecular weight excluding hydrogens is 252 g/mol. The van der Waals surface area contributed by atoms with Crippen LogP contribution < -0.4 is 16.0 Å². The van der Waals surface area contributed by atoms with E-state index < -0.39 is 0 Å². The Bertz CT molecular complexity index is 545. The van der Waals surface area contributed by atoms with E-state index in [1.54, 1.807) is 0 Å². The largest absolute Gasteiger partial charge is 0.354 e. The van der Waals surface area contributed by atoms with Crippen LogP contribution in [0, 0.1) is 6.92 Å². The first kappa shape index (κ1) is 14.0. The van der Waals surface area contributed by atoms with Crippen molar-refractivity contribution >= 4 is 23.5 Å². The molecule has 0 fully saturated rings. The summed E-state index contributed by atoms with van der Waals surface area (Å²) in [5, 5.41) is 9.44. The van der Waals surface area contributed by atoms with Gasteiger partial charge in [-0.3, -0.25) is 0 Å². The Kier molecular flexibility index (Phi) is 4.70. The topological polar surface area (TPSA) is 74.8 Å². The van der Waals surface area contributed by atoms with Crippen molar-refractivity contribution in [3.05, 3.63) is 29.8 Å². The van der Waals surface area contributed by atoms with Crippen LogP contribution in [-0.4, -0.2) is 28.0 Å². The molecule has 1 aromatic carbocycles. The Morgan fingerprint density at radius 3 is 1.95 bits per heavy atom. The monoisotopic (exact) mass is 272 g/mol. The van der Waals surface area contributed by atoms with E-state index in [1.165, 1.54) is 0 Å². The van der Waals surface area contributed by atoms with Crippen molar-refractivity contribution in [1.82, 2.24) is 15.0 Å². The van der Waals surface area contributed by atoms with Gasteiger partial charge in [-0.25, -0.2) is 0 Å². The van der Waals surface area contributed by atoms with Gasteiger partial charge in [-0.15, -0.1) is 0 Å². The highest BCUT2D eigenvalue weighted by Crippen LogP contribution is 2.19. The Morgan fingerprint density at radius 1 is 0.850 bits per heavy atom. The molecule has 1 aromatic heterocycles. The summed E-state index contributed by atoms with van der Waals surface area (Å²) < 4.78 is 0. The maximum absolute atomic E-state index is 4.36. The van der Waals surface area contributed by atoms with Crippen LogP contribution in [0.1, 0.15) is 19.4 Å². The molecule has 0 saturated heterocycles. The molecule has 0 unspecified atom stereocenters. The van der Waals surface area contributed by atoms with Gasteiger partial charge in [0.05, 0.1) is 0 Å². The number of hydrogen-bond donors (Lipinski definition) is 3. The van der Waals surface area contributed by atoms with E-state index >= 15 is 0 Å². The van der Waals surface area contributed by atoms with Gasteiger partial charge in [0.1, 0.15) is 0 Å². The smallest absolute Gasteiger partial charge is 0.233 e. The molecular formula is C14H20N6. The minimum atomic E-state index is 0.529. The quantitative estimate of drug-likeness (QED) is 0.751. The van der Waals surface area contributed by atoms with Crippen LogP contribution in [0.5, 0.6) is 0 Å². The third-order valence-corrected chi connectivity index (χ3v) is 2.70. The molecule has 0 atom stereocenters. The lowest BCUT2D eigenvalue weighted by molar-refractivity contribution is 1.00. The number of para-hydroxylation sites is 1. The summed E-state index contributed by atoms with van der Waals surface area (Å²) in [5.41, 5.74) is 2.13. The van der Waals surface area contributed by atoms with Gasteiger partial charge in [-0.2, -0.15) is 15.0 Å². The second kappa shape index (κ2) is 6.70. The summed E-state index contributed by atoms with van der Waals surface area (Å²) in [6.07, 6.45) is 0. The lowest BCUT2D eigenvalue weighted by Gasteiger charge is -2.11. The molecule has 20 heavy (non-hydrogen) atoms. The summed E-state index contributed by atoms with van der Waals surface area (Å²) in [7, 11) is 0. The first-order chi connectivity index (χ1) is 9.72. The third-order valence-electron chi connectivity index (χ3n) is 2.70. The van der Waals surface area contributed by atoms with Crippen molar-refractivity contribution in [1.29, 1.82) is 0 Å². The van der Waals surface area contributed by atoms with Crippen molar-refractivity contribution in [3.8, 4) is 0 Å². The highest BCUT2D eigenvalue weighted by molar-refractivity contribution is 5.59. The number of hydrogen-bond acceptors (Lipinski definition) is 6. The molecule has 0 bridgehead atoms. The second-order valence-electron chi connectivity index (χ2n) is 4.31. The van der Waals surface area contributed by atoms with Gasteiger partial charge in [-0.05, 0) is 32.4 Å². The Balaban J connectivity index is 2.28. The Morgan fingerprint density at radius 2 is 1.40 bits per heavy atom. The molecule has 0 radical (unpaired) electrons. The summed E-state index contributed by atoms with van der Waals surface area (Å²) in [5.74, 6) is 1.66. The van der Waals surface area contributed by atoms with Gasteiger partial charge in [0.25, 0.3) is 0 Å². The van der Waals surface area contributed by atoms with Gasteiger partial charge < -0.3 is 16.0 Å². The molecule has 6 heteroatoms. The predicted octanol–water partition coefficient (Wildman–Crippen LogP) is 2.79. The zero-order chi connectivity index (χ0) is 14.4. The zero-order valence-corrected chi connectivity index (χ0v) is 12.1. The van der Waals surface area contributed by atoms with E-state index in [1.807, 2.05) is 45.0 Å². The molecule has 2 aromatic rings. The van der Waals surface area contributed by atoms with E-state index in [-0.39, 0.29) is 0 Å². The molecule has 0 saturated carbocycles. The molecule has 0 aliphatic carbocycles. The molecule has 0 aliphatic heterocycles. The average Bonchev–Trinajstić information content (AvgIpc) is 2.42. The van der Waals surface area contributed by atoms with Crippen LogP contribution >= 0.6 is 0 Å². The fourth-order valence-electron chi connectivity index (χ4n) is 1.74. The van der Waals surface area contributed by atoms with E-state index in [9.17, 15) is 0 Å². The number of aryl methyl sites for hydroxylation is 1. The molecule has 3 N–H and O–H groups in total. The van der Waals surface area contributed by atoms with Crippen molar-refractivity contribution in [3.63, 3.8) is 0 Å². The van der Waals surface area contributed by atoms with Crippen LogP contribution in [-0.2, 0) is 0 Å². The van der Waals surface area contributed by atoms with Crippen LogP contribution in [0.25, 0.3) is 0 Å². The van der Waals surface area contributed by atoms with Crippen molar-refractivity contribution in [2.45, 2.75) is 20.8 Å². The van der Waals surface area contributed by atoms with Gasteiger partial charge in [0.15, 0.2) is 0 Å². The predicted molar refractivity (Wildman–Crippen MR) is 82.6 cm³/mol. The highest BCUT2D eigenvalue weighted by atomic mass is 15.3. The average molecular weight is 272 g/mol. The van der Waals surface area contributed by atoms with Crippen molar-refractivity contribution in [2.75, 3.05) is 29.0 Å². The maximum atomic E-state index is 4.36. The van der Waals surface area contributed by atoms with E-state index in [2.05, 4.69) is 30.9 Å². The minimum absolute atomic E-state index is 0.529. The number of benzene rings is 1. The van der Waals surface area contributed by atoms with Crippen LogP contribution in [0.15, 0.2) is 24.3 Å². The molecule has 6 nitrogen and oxygen atoms in total. The third kappa shape index (κ3) is 3.57. The molecule has 2 rings (SSSR count). The van der Waals surface area contributed by atoms with Crippen LogP contribution in [0.4, 0.5) is 23.5 Å². The SMILES string of the molecule is CCNc1nc(NCC)nc(Nc2ccccc2C)n1. The fourth-order valence-corrected chi connectivity index (χ4v) is 1.74. The van der Waals surface area contributed by atoms with E-state index in [0.717, 1.165) is 24.3 Å². The van der Waals surface area contributed by atoms with Crippen LogP contribution in [0.2, 0.25) is 0 Å². The molecule has 0 aliphatic rings. The Labute approximate surface area is 119 Å². The second-order valence-corrected chi connectivity index (χ2v) is 4.31. The summed E-state index contributed by atoms with van der Waals surface area (Å²) in [6, 6.07) is 8.02. The summed E-state index contributed by atoms with van der Waals surface area (Å²) in [6.45, 7) is 7.58. The lowest BCUT2D eigenvalue weighted by Crippen LogP contribution is -2.10. The zero-order valence-electron chi connectivity index (χ0n) is 12.1. The summed E-state index contributed by atoms with van der Waals surface area (Å²) in [4.78, 5) is 13.0. The van der Waals surface area contributed by atoms with Gasteiger partial charge in [-0.1, -0.05) is 18.2 Å². The van der Waals surface area contributed by atoms with E-state index in [0.29, 0.717) is 17.8 Å². The van der Waals surface area contributed by atoms with Gasteiger partial charge in [0.2, 0.25) is 17.8 Å². The molecule has 0 spiro atoms. The molecule has 106 valence electrons. The standard InChI is InChI=1S/C14H20N6/c1-4-15-12-18-13(16-5-2)20-14(19-12)17-11-9-7-6-8-10(11)3/h6-9H,4-5H2,1-3H3,(H3,15,16,17,18,19,20). The first-order valence-corrected chi connectivity index (χ1v) is 6.79. The number of rotatable bonds is 6. The normalized spacial score (nSPS) is 10.2. The number of aromatic nitrogens is 3.